The number of aliphatic carboxylic acids is 2. The molecular weight excluding hydrogens is 296 g/mol. The van der Waals surface area contributed by atoms with Gasteiger partial charge in [-0.2, -0.15) is 0 Å². The van der Waals surface area contributed by atoms with Crippen LogP contribution in [-0.2, 0) is 9.59 Å². The molecule has 0 unspecified atom stereocenters. The SMILES string of the molecule is O=C(O)CCCCC(=O)O.O=C(O)c1cccc(C(=O)O)c1. The Morgan fingerprint density at radius 2 is 1.09 bits per heavy atom. The lowest BCUT2D eigenvalue weighted by Gasteiger charge is -1.95. The third kappa shape index (κ3) is 9.08. The largest absolute Gasteiger partial charge is 0.481 e. The van der Waals surface area contributed by atoms with Crippen molar-refractivity contribution in [1.29, 1.82) is 0 Å². The Hall–Kier alpha value is -2.90. The summed E-state index contributed by atoms with van der Waals surface area (Å²) in [6.07, 6.45) is 1.02. The van der Waals surface area contributed by atoms with Crippen LogP contribution in [0, 0.1) is 0 Å². The van der Waals surface area contributed by atoms with Crippen molar-refractivity contribution in [1.82, 2.24) is 0 Å². The third-order valence-corrected chi connectivity index (χ3v) is 2.39. The summed E-state index contributed by atoms with van der Waals surface area (Å²) in [6, 6.07) is 5.20. The molecule has 0 aliphatic rings. The van der Waals surface area contributed by atoms with Crippen LogP contribution in [0.15, 0.2) is 24.3 Å². The van der Waals surface area contributed by atoms with Gasteiger partial charge in [-0.3, -0.25) is 9.59 Å². The molecule has 0 aliphatic carbocycles. The maximum absolute atomic E-state index is 10.4. The summed E-state index contributed by atoms with van der Waals surface area (Å²) < 4.78 is 0. The number of hydrogen-bond acceptors (Lipinski definition) is 4. The number of rotatable bonds is 7. The van der Waals surface area contributed by atoms with Gasteiger partial charge in [0, 0.05) is 12.8 Å². The van der Waals surface area contributed by atoms with Gasteiger partial charge in [0.05, 0.1) is 11.1 Å². The van der Waals surface area contributed by atoms with Crippen molar-refractivity contribution >= 4 is 23.9 Å². The summed E-state index contributed by atoms with van der Waals surface area (Å²) >= 11 is 0. The van der Waals surface area contributed by atoms with Crippen LogP contribution in [0.3, 0.4) is 0 Å². The lowest BCUT2D eigenvalue weighted by Crippen LogP contribution is -2.01. The highest BCUT2D eigenvalue weighted by Gasteiger charge is 2.06. The van der Waals surface area contributed by atoms with Crippen LogP contribution < -0.4 is 0 Å². The minimum atomic E-state index is -1.13. The molecule has 8 nitrogen and oxygen atoms in total. The molecule has 0 aromatic heterocycles. The number of carboxylic acid groups (broad SMARTS) is 4. The van der Waals surface area contributed by atoms with Crippen molar-refractivity contribution in [2.24, 2.45) is 0 Å². The maximum Gasteiger partial charge on any atom is 0.335 e. The fourth-order valence-corrected chi connectivity index (χ4v) is 1.34. The average molecular weight is 312 g/mol. The van der Waals surface area contributed by atoms with Gasteiger partial charge in [-0.25, -0.2) is 9.59 Å². The normalized spacial score (nSPS) is 9.27. The van der Waals surface area contributed by atoms with Gasteiger partial charge in [-0.05, 0) is 31.0 Å². The Labute approximate surface area is 125 Å². The number of hydrogen-bond donors (Lipinski definition) is 4. The van der Waals surface area contributed by atoms with E-state index in [1.807, 2.05) is 0 Å². The number of carboxylic acids is 4. The van der Waals surface area contributed by atoms with Crippen molar-refractivity contribution < 1.29 is 39.6 Å². The molecule has 1 aromatic carbocycles. The predicted molar refractivity (Wildman–Crippen MR) is 74.1 cm³/mol. The molecule has 0 heterocycles. The Bertz CT molecular complexity index is 504. The molecule has 0 atom stereocenters. The Balaban J connectivity index is 0.000000409. The van der Waals surface area contributed by atoms with Gasteiger partial charge in [0.15, 0.2) is 0 Å². The Morgan fingerprint density at radius 3 is 1.36 bits per heavy atom. The molecule has 120 valence electrons. The molecule has 0 spiro atoms. The van der Waals surface area contributed by atoms with Crippen molar-refractivity contribution in [3.05, 3.63) is 35.4 Å². The first-order valence-corrected chi connectivity index (χ1v) is 6.24. The molecule has 0 saturated carbocycles. The number of carbonyl (C=O) groups is 4. The van der Waals surface area contributed by atoms with E-state index in [4.69, 9.17) is 20.4 Å². The summed E-state index contributed by atoms with van der Waals surface area (Å²) in [6.45, 7) is 0. The first-order valence-electron chi connectivity index (χ1n) is 6.24. The van der Waals surface area contributed by atoms with E-state index in [1.165, 1.54) is 18.2 Å². The van der Waals surface area contributed by atoms with Crippen LogP contribution in [0.1, 0.15) is 46.4 Å². The molecule has 0 fully saturated rings. The van der Waals surface area contributed by atoms with Crippen LogP contribution >= 0.6 is 0 Å². The van der Waals surface area contributed by atoms with E-state index in [9.17, 15) is 19.2 Å². The van der Waals surface area contributed by atoms with E-state index in [2.05, 4.69) is 0 Å². The zero-order valence-electron chi connectivity index (χ0n) is 11.6. The van der Waals surface area contributed by atoms with Crippen LogP contribution in [0.4, 0.5) is 0 Å². The summed E-state index contributed by atoms with van der Waals surface area (Å²) in [5.41, 5.74) is -0.0372. The van der Waals surface area contributed by atoms with Gasteiger partial charge in [0.1, 0.15) is 0 Å². The Kier molecular flexibility index (Phi) is 8.61. The summed E-state index contributed by atoms with van der Waals surface area (Å²) in [5, 5.41) is 33.3. The van der Waals surface area contributed by atoms with Gasteiger partial charge < -0.3 is 20.4 Å². The molecular formula is C14H16O8. The molecule has 8 heteroatoms. The highest BCUT2D eigenvalue weighted by Crippen LogP contribution is 2.04. The van der Waals surface area contributed by atoms with Crippen molar-refractivity contribution in [3.8, 4) is 0 Å². The zero-order valence-corrected chi connectivity index (χ0v) is 11.6. The molecule has 0 aliphatic heterocycles. The topological polar surface area (TPSA) is 149 Å². The molecule has 4 N–H and O–H groups in total. The van der Waals surface area contributed by atoms with Gasteiger partial charge in [0.25, 0.3) is 0 Å². The molecule has 22 heavy (non-hydrogen) atoms. The summed E-state index contributed by atoms with van der Waals surface area (Å²) in [4.78, 5) is 40.6. The monoisotopic (exact) mass is 312 g/mol. The lowest BCUT2D eigenvalue weighted by molar-refractivity contribution is -0.139. The number of aromatic carboxylic acids is 2. The molecule has 1 aromatic rings. The standard InChI is InChI=1S/C8H6O4.C6H10O4/c9-7(10)5-2-1-3-6(4-5)8(11)12;7-5(8)3-1-2-4-6(9)10/h1-4H,(H,9,10)(H,11,12);1-4H2,(H,7,8)(H,9,10). The van der Waals surface area contributed by atoms with Crippen LogP contribution in [-0.4, -0.2) is 44.3 Å². The molecule has 0 radical (unpaired) electrons. The van der Waals surface area contributed by atoms with Crippen LogP contribution in [0.2, 0.25) is 0 Å². The number of benzene rings is 1. The van der Waals surface area contributed by atoms with Crippen molar-refractivity contribution in [2.75, 3.05) is 0 Å². The Morgan fingerprint density at radius 1 is 0.727 bits per heavy atom. The highest BCUT2D eigenvalue weighted by molar-refractivity contribution is 5.93. The van der Waals surface area contributed by atoms with E-state index in [1.54, 1.807) is 0 Å². The second-order valence-electron chi connectivity index (χ2n) is 4.19. The fraction of sp³-hybridized carbons (Fsp3) is 0.286. The van der Waals surface area contributed by atoms with E-state index in [-0.39, 0.29) is 24.0 Å². The molecule has 0 amide bonds. The quantitative estimate of drug-likeness (QED) is 0.557. The maximum atomic E-state index is 10.4. The lowest BCUT2D eigenvalue weighted by atomic mass is 10.1. The van der Waals surface area contributed by atoms with Crippen molar-refractivity contribution in [2.45, 2.75) is 25.7 Å². The average Bonchev–Trinajstić information content (AvgIpc) is 2.44. The summed E-state index contributed by atoms with van der Waals surface area (Å²) in [7, 11) is 0. The predicted octanol–water partition coefficient (Wildman–Crippen LogP) is 1.80. The second kappa shape index (κ2) is 9.92. The summed E-state index contributed by atoms with van der Waals surface area (Å²) in [5.74, 6) is -3.99. The first kappa shape index (κ1) is 19.1. The van der Waals surface area contributed by atoms with E-state index < -0.39 is 23.9 Å². The smallest absolute Gasteiger partial charge is 0.335 e. The van der Waals surface area contributed by atoms with E-state index in [0.29, 0.717) is 12.8 Å². The van der Waals surface area contributed by atoms with Gasteiger partial charge in [-0.15, -0.1) is 0 Å². The molecule has 1 rings (SSSR count). The molecule has 0 bridgehead atoms. The highest BCUT2D eigenvalue weighted by atomic mass is 16.4. The van der Waals surface area contributed by atoms with Gasteiger partial charge >= 0.3 is 23.9 Å². The minimum absolute atomic E-state index is 0.0186. The minimum Gasteiger partial charge on any atom is -0.481 e. The van der Waals surface area contributed by atoms with Crippen LogP contribution in [0.25, 0.3) is 0 Å². The third-order valence-electron chi connectivity index (χ3n) is 2.39. The first-order chi connectivity index (χ1) is 10.2. The van der Waals surface area contributed by atoms with E-state index in [0.717, 1.165) is 6.07 Å². The van der Waals surface area contributed by atoms with Gasteiger partial charge in [0.2, 0.25) is 0 Å². The van der Waals surface area contributed by atoms with E-state index >= 15 is 0 Å². The fourth-order valence-electron chi connectivity index (χ4n) is 1.34. The second-order valence-corrected chi connectivity index (χ2v) is 4.19. The van der Waals surface area contributed by atoms with Gasteiger partial charge in [-0.1, -0.05) is 6.07 Å². The molecule has 0 saturated heterocycles. The zero-order chi connectivity index (χ0) is 17.1. The van der Waals surface area contributed by atoms with Crippen LogP contribution in [0.5, 0.6) is 0 Å². The number of unbranched alkanes of at least 4 members (excludes halogenated alkanes) is 1. The van der Waals surface area contributed by atoms with Crippen molar-refractivity contribution in [3.63, 3.8) is 0 Å².